The molecule has 2 fully saturated rings. The highest BCUT2D eigenvalue weighted by Gasteiger charge is 2.39. The largest absolute Gasteiger partial charge is 0.352 e. The van der Waals surface area contributed by atoms with Crippen LogP contribution in [0.25, 0.3) is 0 Å². The van der Waals surface area contributed by atoms with Crippen LogP contribution < -0.4 is 5.32 Å². The van der Waals surface area contributed by atoms with Crippen molar-refractivity contribution in [2.24, 2.45) is 5.92 Å². The fourth-order valence-electron chi connectivity index (χ4n) is 2.56. The predicted octanol–water partition coefficient (Wildman–Crippen LogP) is 0.167. The van der Waals surface area contributed by atoms with Crippen LogP contribution in [0.15, 0.2) is 0 Å². The van der Waals surface area contributed by atoms with Crippen LogP contribution in [0.3, 0.4) is 0 Å². The van der Waals surface area contributed by atoms with Crippen molar-refractivity contribution in [3.05, 3.63) is 10.0 Å². The molecule has 3 heterocycles. The summed E-state index contributed by atoms with van der Waals surface area (Å²) in [5.74, 6) is 0.711. The van der Waals surface area contributed by atoms with Crippen molar-refractivity contribution < 1.29 is 4.79 Å². The van der Waals surface area contributed by atoms with E-state index in [9.17, 15) is 4.79 Å². The number of hydrogen-bond donors (Lipinski definition) is 1. The Balaban J connectivity index is 1.61. The number of hydrogen-bond acceptors (Lipinski definition) is 5. The molecule has 0 aromatic carbocycles. The number of aromatic nitrogens is 2. The number of rotatable bonds is 2. The van der Waals surface area contributed by atoms with Gasteiger partial charge in [0.1, 0.15) is 10.0 Å². The number of nitrogens with zero attached hydrogens (tertiary/aromatic N) is 3. The lowest BCUT2D eigenvalue weighted by Crippen LogP contribution is -2.32. The van der Waals surface area contributed by atoms with Gasteiger partial charge in [0.15, 0.2) is 0 Å². The molecule has 2 aliphatic heterocycles. The zero-order valence-electron chi connectivity index (χ0n) is 9.14. The molecule has 1 amide bonds. The summed E-state index contributed by atoms with van der Waals surface area (Å²) in [4.78, 5) is 13.5. The van der Waals surface area contributed by atoms with Crippen LogP contribution in [0.2, 0.25) is 0 Å². The Kier molecular flexibility index (Phi) is 2.40. The van der Waals surface area contributed by atoms with Crippen LogP contribution in [0.1, 0.15) is 16.4 Å². The van der Waals surface area contributed by atoms with E-state index in [1.807, 2.05) is 6.92 Å². The normalized spacial score (nSPS) is 29.4. The monoisotopic (exact) mass is 238 g/mol. The highest BCUT2D eigenvalue weighted by molar-refractivity contribution is 7.11. The lowest BCUT2D eigenvalue weighted by molar-refractivity contribution is -0.119. The van der Waals surface area contributed by atoms with Gasteiger partial charge in [-0.1, -0.05) is 0 Å². The third-order valence-corrected chi connectivity index (χ3v) is 4.06. The molecule has 6 heteroatoms. The summed E-state index contributed by atoms with van der Waals surface area (Å²) in [5.41, 5.74) is 0. The van der Waals surface area contributed by atoms with E-state index in [0.29, 0.717) is 18.4 Å². The molecule has 2 saturated heterocycles. The van der Waals surface area contributed by atoms with E-state index >= 15 is 0 Å². The zero-order chi connectivity index (χ0) is 11.1. The molecular formula is C10H14N4OS. The van der Waals surface area contributed by atoms with Gasteiger partial charge >= 0.3 is 0 Å². The van der Waals surface area contributed by atoms with Gasteiger partial charge in [0.05, 0.1) is 6.54 Å². The zero-order valence-corrected chi connectivity index (χ0v) is 9.96. The van der Waals surface area contributed by atoms with Gasteiger partial charge in [-0.25, -0.2) is 0 Å². The maximum Gasteiger partial charge on any atom is 0.220 e. The minimum atomic E-state index is 0.210. The molecule has 1 aromatic rings. The average molecular weight is 238 g/mol. The van der Waals surface area contributed by atoms with Gasteiger partial charge in [0.2, 0.25) is 5.91 Å². The van der Waals surface area contributed by atoms with E-state index in [1.165, 1.54) is 0 Å². The van der Waals surface area contributed by atoms with Crippen molar-refractivity contribution in [1.29, 1.82) is 0 Å². The van der Waals surface area contributed by atoms with Crippen molar-refractivity contribution in [1.82, 2.24) is 20.4 Å². The highest BCUT2D eigenvalue weighted by atomic mass is 32.1. The first-order chi connectivity index (χ1) is 7.70. The summed E-state index contributed by atoms with van der Waals surface area (Å²) < 4.78 is 0. The Labute approximate surface area is 97.9 Å². The molecule has 3 rings (SSSR count). The summed E-state index contributed by atoms with van der Waals surface area (Å²) in [6.07, 6.45) is 0.691. The second kappa shape index (κ2) is 3.78. The lowest BCUT2D eigenvalue weighted by atomic mass is 10.1. The van der Waals surface area contributed by atoms with Crippen LogP contribution in [0, 0.1) is 12.8 Å². The Morgan fingerprint density at radius 3 is 3.06 bits per heavy atom. The van der Waals surface area contributed by atoms with Crippen LogP contribution in [0.4, 0.5) is 0 Å². The highest BCUT2D eigenvalue weighted by Crippen LogP contribution is 2.26. The number of nitrogens with one attached hydrogen (secondary N) is 1. The van der Waals surface area contributed by atoms with Gasteiger partial charge in [-0.15, -0.1) is 21.5 Å². The number of carbonyl (C=O) groups excluding carboxylic acids is 1. The smallest absolute Gasteiger partial charge is 0.220 e. The fourth-order valence-corrected chi connectivity index (χ4v) is 3.31. The molecule has 0 spiro atoms. The van der Waals surface area contributed by atoms with Gasteiger partial charge in [0, 0.05) is 31.5 Å². The molecule has 1 N–H and O–H groups in total. The quantitative estimate of drug-likeness (QED) is 0.798. The Morgan fingerprint density at radius 1 is 1.50 bits per heavy atom. The molecule has 2 aliphatic rings. The van der Waals surface area contributed by atoms with E-state index in [4.69, 9.17) is 0 Å². The first-order valence-electron chi connectivity index (χ1n) is 5.51. The van der Waals surface area contributed by atoms with Crippen LogP contribution in [-0.4, -0.2) is 40.1 Å². The predicted molar refractivity (Wildman–Crippen MR) is 60.0 cm³/mol. The van der Waals surface area contributed by atoms with E-state index in [-0.39, 0.29) is 5.91 Å². The van der Waals surface area contributed by atoms with Gasteiger partial charge in [-0.2, -0.15) is 0 Å². The minimum Gasteiger partial charge on any atom is -0.352 e. The van der Waals surface area contributed by atoms with Crippen LogP contribution in [0.5, 0.6) is 0 Å². The molecule has 1 aromatic heterocycles. The summed E-state index contributed by atoms with van der Waals surface area (Å²) in [5, 5.41) is 13.3. The third kappa shape index (κ3) is 1.82. The Hall–Kier alpha value is -1.01. The second-order valence-corrected chi connectivity index (χ2v) is 5.81. The molecule has 0 aliphatic carbocycles. The summed E-state index contributed by atoms with van der Waals surface area (Å²) in [7, 11) is 0. The van der Waals surface area contributed by atoms with Crippen molar-refractivity contribution in [2.75, 3.05) is 13.1 Å². The molecule has 2 atom stereocenters. The summed E-state index contributed by atoms with van der Waals surface area (Å²) in [6, 6.07) is 0.363. The van der Waals surface area contributed by atoms with Crippen molar-refractivity contribution in [3.8, 4) is 0 Å². The van der Waals surface area contributed by atoms with Gasteiger partial charge in [-0.3, -0.25) is 9.69 Å². The van der Waals surface area contributed by atoms with Crippen molar-refractivity contribution >= 4 is 17.2 Å². The number of amides is 1. The van der Waals surface area contributed by atoms with Gasteiger partial charge in [-0.05, 0) is 6.92 Å². The average Bonchev–Trinajstić information content (AvgIpc) is 2.81. The van der Waals surface area contributed by atoms with E-state index in [1.54, 1.807) is 11.3 Å². The second-order valence-electron chi connectivity index (χ2n) is 4.55. The van der Waals surface area contributed by atoms with Gasteiger partial charge < -0.3 is 5.32 Å². The summed E-state index contributed by atoms with van der Waals surface area (Å²) >= 11 is 1.65. The SMILES string of the molecule is Cc1nnc(CN2C[C@@H]3CC(=O)N[C@@H]3C2)s1. The molecule has 0 saturated carbocycles. The molecule has 86 valence electrons. The Morgan fingerprint density at radius 2 is 2.38 bits per heavy atom. The fraction of sp³-hybridized carbons (Fsp3) is 0.700. The first-order valence-corrected chi connectivity index (χ1v) is 6.33. The maximum atomic E-state index is 11.2. The minimum absolute atomic E-state index is 0.210. The topological polar surface area (TPSA) is 58.1 Å². The van der Waals surface area contributed by atoms with Gasteiger partial charge in [0.25, 0.3) is 0 Å². The maximum absolute atomic E-state index is 11.2. The van der Waals surface area contributed by atoms with Crippen molar-refractivity contribution in [2.45, 2.75) is 25.9 Å². The molecule has 0 radical (unpaired) electrons. The molecule has 0 bridgehead atoms. The molecule has 16 heavy (non-hydrogen) atoms. The number of carbonyl (C=O) groups is 1. The number of fused-ring (bicyclic) bond motifs is 1. The Bertz CT molecular complexity index is 403. The first kappa shape index (κ1) is 10.2. The lowest BCUT2D eigenvalue weighted by Gasteiger charge is -2.14. The molecular weight excluding hydrogens is 224 g/mol. The summed E-state index contributed by atoms with van der Waals surface area (Å²) in [6.45, 7) is 4.80. The number of likely N-dealkylation sites (tertiary alicyclic amines) is 1. The third-order valence-electron chi connectivity index (χ3n) is 3.24. The van der Waals surface area contributed by atoms with Crippen LogP contribution >= 0.6 is 11.3 Å². The standard InChI is InChI=1S/C10H14N4OS/c1-6-12-13-10(16-6)5-14-3-7-2-9(15)11-8(7)4-14/h7-8H,2-5H2,1H3,(H,11,15)/t7-,8+/m0/s1. The van der Waals surface area contributed by atoms with E-state index in [0.717, 1.165) is 29.6 Å². The molecule has 5 nitrogen and oxygen atoms in total. The van der Waals surface area contributed by atoms with Crippen molar-refractivity contribution in [3.63, 3.8) is 0 Å². The van der Waals surface area contributed by atoms with Crippen LogP contribution in [-0.2, 0) is 11.3 Å². The number of aryl methyl sites for hydroxylation is 1. The van der Waals surface area contributed by atoms with E-state index in [2.05, 4.69) is 20.4 Å². The van der Waals surface area contributed by atoms with E-state index < -0.39 is 0 Å². The molecule has 0 unspecified atom stereocenters.